The van der Waals surface area contributed by atoms with Gasteiger partial charge in [-0.15, -0.1) is 0 Å². The largest absolute Gasteiger partial charge is 0.466 e. The number of hydrogen-bond acceptors (Lipinski definition) is 5. The van der Waals surface area contributed by atoms with Gasteiger partial charge >= 0.3 is 12.0 Å². The number of fused-ring (bicyclic) bond motifs is 1. The second kappa shape index (κ2) is 9.02. The number of pyridine rings is 1. The summed E-state index contributed by atoms with van der Waals surface area (Å²) in [5.74, 6) is 1.66. The molecule has 0 radical (unpaired) electrons. The molecule has 3 heterocycles. The molecular formula is C22H31N5O3. The highest BCUT2D eigenvalue weighted by Crippen LogP contribution is 2.30. The summed E-state index contributed by atoms with van der Waals surface area (Å²) in [5, 5.41) is 3.11. The highest BCUT2D eigenvalue weighted by Gasteiger charge is 2.31. The normalized spacial score (nSPS) is 24.2. The zero-order valence-electron chi connectivity index (χ0n) is 17.8. The number of urea groups is 1. The van der Waals surface area contributed by atoms with Crippen LogP contribution < -0.4 is 5.32 Å². The summed E-state index contributed by atoms with van der Waals surface area (Å²) in [7, 11) is 2.02. The van der Waals surface area contributed by atoms with Crippen LogP contribution in [0.3, 0.4) is 0 Å². The molecule has 1 aliphatic heterocycles. The first-order chi connectivity index (χ1) is 14.6. The van der Waals surface area contributed by atoms with Crippen molar-refractivity contribution in [2.45, 2.75) is 44.9 Å². The molecule has 1 saturated carbocycles. The van der Waals surface area contributed by atoms with Crippen LogP contribution >= 0.6 is 0 Å². The summed E-state index contributed by atoms with van der Waals surface area (Å²) in [4.78, 5) is 35.4. The van der Waals surface area contributed by atoms with Crippen LogP contribution in [0.15, 0.2) is 18.5 Å². The highest BCUT2D eigenvalue weighted by molar-refractivity contribution is 5.76. The fourth-order valence-electron chi connectivity index (χ4n) is 4.78. The molecule has 8 nitrogen and oxygen atoms in total. The Morgan fingerprint density at radius 3 is 2.77 bits per heavy atom. The Balaban J connectivity index is 1.25. The number of nitrogens with zero attached hydrogens (tertiary/aromatic N) is 4. The number of carbonyl (C=O) groups excluding carboxylic acids is 2. The maximum atomic E-state index is 12.7. The lowest BCUT2D eigenvalue weighted by atomic mass is 9.82. The molecule has 0 aromatic carbocycles. The minimum absolute atomic E-state index is 0.00504. The number of rotatable bonds is 5. The van der Waals surface area contributed by atoms with E-state index in [4.69, 9.17) is 9.72 Å². The van der Waals surface area contributed by atoms with Crippen LogP contribution in [-0.4, -0.2) is 57.7 Å². The lowest BCUT2D eigenvalue weighted by molar-refractivity contribution is -0.149. The summed E-state index contributed by atoms with van der Waals surface area (Å²) in [5.41, 5.74) is 1.97. The smallest absolute Gasteiger partial charge is 0.317 e. The van der Waals surface area contributed by atoms with Gasteiger partial charge in [-0.05, 0) is 51.0 Å². The quantitative estimate of drug-likeness (QED) is 0.762. The molecule has 30 heavy (non-hydrogen) atoms. The summed E-state index contributed by atoms with van der Waals surface area (Å²) < 4.78 is 7.22. The molecule has 0 spiro atoms. The number of nitrogens with one attached hydrogen (secondary N) is 1. The van der Waals surface area contributed by atoms with E-state index in [1.54, 1.807) is 6.20 Å². The van der Waals surface area contributed by atoms with Gasteiger partial charge in [-0.2, -0.15) is 0 Å². The maximum absolute atomic E-state index is 12.7. The van der Waals surface area contributed by atoms with Gasteiger partial charge in [0.05, 0.1) is 29.8 Å². The molecule has 2 amide bonds. The molecule has 0 bridgehead atoms. The van der Waals surface area contributed by atoms with E-state index in [1.807, 2.05) is 31.1 Å². The van der Waals surface area contributed by atoms with Gasteiger partial charge in [0, 0.05) is 38.8 Å². The van der Waals surface area contributed by atoms with Crippen LogP contribution in [0.2, 0.25) is 0 Å². The van der Waals surface area contributed by atoms with Crippen molar-refractivity contribution < 1.29 is 14.3 Å². The van der Waals surface area contributed by atoms with Crippen molar-refractivity contribution in [3.8, 4) is 0 Å². The van der Waals surface area contributed by atoms with Crippen molar-refractivity contribution in [2.24, 2.45) is 18.9 Å². The van der Waals surface area contributed by atoms with Crippen LogP contribution in [0.25, 0.3) is 11.0 Å². The second-order valence-corrected chi connectivity index (χ2v) is 8.48. The Bertz CT molecular complexity index is 903. The summed E-state index contributed by atoms with van der Waals surface area (Å²) >= 11 is 0. The van der Waals surface area contributed by atoms with Crippen molar-refractivity contribution in [3.05, 3.63) is 24.3 Å². The van der Waals surface area contributed by atoms with Gasteiger partial charge in [-0.1, -0.05) is 0 Å². The molecule has 1 atom stereocenters. The first-order valence-corrected chi connectivity index (χ1v) is 11.0. The Labute approximate surface area is 177 Å². The number of ether oxygens (including phenoxy) is 1. The van der Waals surface area contributed by atoms with E-state index in [-0.39, 0.29) is 23.8 Å². The number of likely N-dealkylation sites (tertiary alicyclic amines) is 1. The predicted molar refractivity (Wildman–Crippen MR) is 113 cm³/mol. The molecule has 1 aliphatic carbocycles. The molecule has 4 rings (SSSR count). The molecular weight excluding hydrogens is 382 g/mol. The zero-order valence-corrected chi connectivity index (χ0v) is 17.8. The average Bonchev–Trinajstić information content (AvgIpc) is 3.38. The highest BCUT2D eigenvalue weighted by atomic mass is 16.5. The third-order valence-corrected chi connectivity index (χ3v) is 6.57. The molecule has 2 aliphatic rings. The van der Waals surface area contributed by atoms with Gasteiger partial charge in [0.25, 0.3) is 0 Å². The first kappa shape index (κ1) is 20.6. The molecule has 1 saturated heterocycles. The monoisotopic (exact) mass is 413 g/mol. The van der Waals surface area contributed by atoms with Crippen molar-refractivity contribution in [3.63, 3.8) is 0 Å². The fourth-order valence-corrected chi connectivity index (χ4v) is 4.78. The number of aromatic nitrogens is 3. The molecule has 2 aromatic rings. The van der Waals surface area contributed by atoms with Crippen molar-refractivity contribution in [1.29, 1.82) is 0 Å². The number of carbonyl (C=O) groups is 2. The lowest BCUT2D eigenvalue weighted by Crippen LogP contribution is -2.41. The number of aryl methyl sites for hydroxylation is 1. The second-order valence-electron chi connectivity index (χ2n) is 8.48. The van der Waals surface area contributed by atoms with E-state index in [9.17, 15) is 9.59 Å². The van der Waals surface area contributed by atoms with Gasteiger partial charge in [0.1, 0.15) is 5.82 Å². The molecule has 2 aromatic heterocycles. The predicted octanol–water partition coefficient (Wildman–Crippen LogP) is 2.84. The van der Waals surface area contributed by atoms with Gasteiger partial charge < -0.3 is 19.5 Å². The molecule has 162 valence electrons. The molecule has 1 N–H and O–H groups in total. The number of imidazole rings is 1. The molecule has 1 unspecified atom stereocenters. The lowest BCUT2D eigenvalue weighted by Gasteiger charge is -2.28. The molecule has 8 heteroatoms. The van der Waals surface area contributed by atoms with Crippen molar-refractivity contribution >= 4 is 23.0 Å². The Kier molecular flexibility index (Phi) is 6.20. The standard InChI is InChI=1S/C22H31N5O3/c1-3-30-21(28)16-6-4-15(5-7-16)12-24-22(29)27-11-9-17(14-27)20-25-18-8-10-23-13-19(18)26(20)2/h8,10,13,15-17H,3-7,9,11-12,14H2,1-2H3,(H,24,29). The van der Waals surface area contributed by atoms with Gasteiger partial charge in [0.2, 0.25) is 0 Å². The van der Waals surface area contributed by atoms with Crippen molar-refractivity contribution in [2.75, 3.05) is 26.2 Å². The Morgan fingerprint density at radius 2 is 2.03 bits per heavy atom. The van der Waals surface area contributed by atoms with E-state index < -0.39 is 0 Å². The number of esters is 1. The SMILES string of the molecule is CCOC(=O)C1CCC(CNC(=O)N2CCC(c3nc4ccncc4n3C)C2)CC1. The zero-order chi connectivity index (χ0) is 21.1. The third-order valence-electron chi connectivity index (χ3n) is 6.57. The third kappa shape index (κ3) is 4.27. The number of amides is 2. The topological polar surface area (TPSA) is 89.3 Å². The van der Waals surface area contributed by atoms with E-state index in [0.29, 0.717) is 25.6 Å². The summed E-state index contributed by atoms with van der Waals surface area (Å²) in [6, 6.07) is 1.93. The van der Waals surface area contributed by atoms with Crippen LogP contribution in [0.4, 0.5) is 4.79 Å². The average molecular weight is 414 g/mol. The maximum Gasteiger partial charge on any atom is 0.317 e. The summed E-state index contributed by atoms with van der Waals surface area (Å²) in [6.45, 7) is 4.39. The molecule has 2 fully saturated rings. The Hall–Kier alpha value is -2.64. The fraction of sp³-hybridized carbons (Fsp3) is 0.636. The van der Waals surface area contributed by atoms with Crippen LogP contribution in [0.5, 0.6) is 0 Å². The van der Waals surface area contributed by atoms with Gasteiger partial charge in [-0.3, -0.25) is 9.78 Å². The number of hydrogen-bond donors (Lipinski definition) is 1. The minimum atomic E-state index is -0.0687. The summed E-state index contributed by atoms with van der Waals surface area (Å²) in [6.07, 6.45) is 8.14. The van der Waals surface area contributed by atoms with E-state index in [2.05, 4.69) is 14.9 Å². The first-order valence-electron chi connectivity index (χ1n) is 11.0. The van der Waals surface area contributed by atoms with Crippen molar-refractivity contribution in [1.82, 2.24) is 24.8 Å². The van der Waals surface area contributed by atoms with Gasteiger partial charge in [0.15, 0.2) is 0 Å². The van der Waals surface area contributed by atoms with E-state index in [0.717, 1.165) is 55.5 Å². The van der Waals surface area contributed by atoms with E-state index in [1.165, 1.54) is 0 Å². The minimum Gasteiger partial charge on any atom is -0.466 e. The van der Waals surface area contributed by atoms with Crippen LogP contribution in [0.1, 0.15) is 50.8 Å². The van der Waals surface area contributed by atoms with E-state index >= 15 is 0 Å². The van der Waals surface area contributed by atoms with Gasteiger partial charge in [-0.25, -0.2) is 9.78 Å². The van der Waals surface area contributed by atoms with Crippen LogP contribution in [-0.2, 0) is 16.6 Å². The van der Waals surface area contributed by atoms with Crippen LogP contribution in [0, 0.1) is 11.8 Å². The Morgan fingerprint density at radius 1 is 1.23 bits per heavy atom.